The molecule has 26 aromatic rings. The van der Waals surface area contributed by atoms with Crippen LogP contribution in [-0.2, 0) is 0 Å². The molecule has 0 amide bonds. The van der Waals surface area contributed by atoms with Crippen LogP contribution in [0.25, 0.3) is 217 Å². The van der Waals surface area contributed by atoms with Gasteiger partial charge in [0.1, 0.15) is 0 Å². The van der Waals surface area contributed by atoms with Crippen LogP contribution in [0.2, 0.25) is 0 Å². The lowest BCUT2D eigenvalue weighted by molar-refractivity contribution is 1.18. The van der Waals surface area contributed by atoms with Crippen LogP contribution in [-0.4, -0.2) is 14.1 Å². The zero-order valence-electron chi connectivity index (χ0n) is 69.8. The first-order valence-corrected chi connectivity index (χ1v) is 46.7. The highest BCUT2D eigenvalue weighted by molar-refractivity contribution is 7.79. The second kappa shape index (κ2) is 32.5. The highest BCUT2D eigenvalue weighted by atomic mass is 32.1. The summed E-state index contributed by atoms with van der Waals surface area (Å²) in [6, 6.07) is 175. The summed E-state index contributed by atoms with van der Waals surface area (Å²) in [4.78, 5) is 3.93. The number of H-pyrrole nitrogens is 1. The Kier molecular flexibility index (Phi) is 19.3. The van der Waals surface area contributed by atoms with Crippen molar-refractivity contribution in [2.75, 3.05) is 0 Å². The average Bonchev–Trinajstić information content (AvgIpc) is 1.54. The number of benzene rings is 21. The molecule has 0 saturated carbocycles. The summed E-state index contributed by atoms with van der Waals surface area (Å²) in [6.45, 7) is 0. The van der Waals surface area contributed by atoms with Gasteiger partial charge in [-0.05, 0) is 210 Å². The van der Waals surface area contributed by atoms with E-state index in [9.17, 15) is 0 Å². The molecule has 1 N–H and O–H groups in total. The van der Waals surface area contributed by atoms with Gasteiger partial charge in [-0.1, -0.05) is 382 Å². The number of aromatic nitrogens is 3. The molecule has 0 radical (unpaired) electrons. The van der Waals surface area contributed by atoms with Crippen molar-refractivity contribution in [3.05, 3.63) is 479 Å². The van der Waals surface area contributed by atoms with Crippen LogP contribution < -0.4 is 15.9 Å². The lowest BCUT2D eigenvalue weighted by Gasteiger charge is -2.18. The minimum Gasteiger partial charge on any atom is -0.354 e. The van der Waals surface area contributed by atoms with Gasteiger partial charge >= 0.3 is 0 Å². The molecular weight excluding hydrogens is 1600 g/mol. The molecule has 0 fully saturated rings. The van der Waals surface area contributed by atoms with E-state index in [0.717, 1.165) is 16.9 Å². The second-order valence-corrected chi connectivity index (χ2v) is 37.4. The number of fused-ring (bicyclic) bond motifs is 21. The van der Waals surface area contributed by atoms with Gasteiger partial charge in [-0.3, -0.25) is 0 Å². The molecule has 26 rings (SSSR count). The van der Waals surface area contributed by atoms with Crippen molar-refractivity contribution in [2.45, 2.75) is 0 Å². The Labute approximate surface area is 750 Å². The Bertz CT molecular complexity index is 8500. The smallest absolute Gasteiger partial charge is 0.0565 e. The van der Waals surface area contributed by atoms with Gasteiger partial charge in [0.15, 0.2) is 0 Å². The van der Waals surface area contributed by atoms with Gasteiger partial charge in [0, 0.05) is 100 Å². The van der Waals surface area contributed by atoms with Crippen LogP contribution >= 0.6 is 30.6 Å². The summed E-state index contributed by atoms with van der Waals surface area (Å²) < 4.78 is 10.2. The third-order valence-electron chi connectivity index (χ3n) is 25.5. The monoisotopic (exact) mass is 1680 g/mol. The van der Waals surface area contributed by atoms with Crippen molar-refractivity contribution in [1.82, 2.24) is 14.1 Å². The van der Waals surface area contributed by atoms with Crippen LogP contribution in [0, 0.1) is 0 Å². The van der Waals surface area contributed by atoms with Gasteiger partial charge < -0.3 is 14.1 Å². The summed E-state index contributed by atoms with van der Waals surface area (Å²) in [6.07, 6.45) is 0. The zero-order chi connectivity index (χ0) is 84.5. The molecule has 0 aliphatic heterocycles. The molecule has 6 heteroatoms. The molecule has 5 heterocycles. The Morgan fingerprint density at radius 1 is 0.188 bits per heavy atom. The topological polar surface area (TPSA) is 25.6 Å². The minimum atomic E-state index is -0.446. The first-order chi connectivity index (χ1) is 63.5. The molecule has 3 nitrogen and oxygen atoms in total. The third kappa shape index (κ3) is 13.6. The number of hydrogen-bond acceptors (Lipinski definition) is 2. The van der Waals surface area contributed by atoms with Gasteiger partial charge in [0.25, 0.3) is 0 Å². The molecular formula is C122H80N3PS2. The summed E-state index contributed by atoms with van der Waals surface area (Å²) in [5, 5.41) is 22.2. The predicted octanol–water partition coefficient (Wildman–Crippen LogP) is 33.4. The number of nitrogens with zero attached hydrogens (tertiary/aromatic N) is 2. The van der Waals surface area contributed by atoms with E-state index in [-0.39, 0.29) is 0 Å². The Morgan fingerprint density at radius 3 is 0.992 bits per heavy atom. The van der Waals surface area contributed by atoms with Crippen molar-refractivity contribution < 1.29 is 0 Å². The van der Waals surface area contributed by atoms with Gasteiger partial charge in [0.05, 0.1) is 27.6 Å². The molecule has 0 unspecified atom stereocenters. The average molecular weight is 1680 g/mol. The van der Waals surface area contributed by atoms with E-state index in [1.54, 1.807) is 0 Å². The van der Waals surface area contributed by atoms with Crippen molar-refractivity contribution in [3.63, 3.8) is 0 Å². The quantitative estimate of drug-likeness (QED) is 0.118. The van der Waals surface area contributed by atoms with Gasteiger partial charge in [-0.2, -0.15) is 0 Å². The Hall–Kier alpha value is -15.6. The fraction of sp³-hybridized carbons (Fsp3) is 0. The standard InChI is InChI=1S/C52H32N2S.C52H33NS.C18H15P/c1-4-14-32(15-5-1)35-24-25-45-43(29-35)49-40-21-10-11-22-41(40)52-50(51(49)53-45)44-30-42-39-20-12-13-23-46(39)54(47(42)31-48(44)55-52)38-27-36(33-16-6-2-7-17-33)26-37(28-38)34-18-8-3-9-19-34;1-4-15-34(16-5-1)37-21-14-22-38(27-37)45-31-48-47-32-46-43-24-12-13-26-49(43)53(50(46)33-51(47)54-52(48)44-25-11-10-23-42(44)45)41-29-39(35-17-6-2-7-18-35)28-40(30-41)36-19-8-3-9-20-36;1-4-10-16(11-5-1)19(17-12-6-2-7-13-17)18-14-8-3-9-15-18/h1-31,53H;1-33H;1-15H. The summed E-state index contributed by atoms with van der Waals surface area (Å²) in [7, 11) is -0.446. The molecule has 0 bridgehead atoms. The molecule has 0 atom stereocenters. The fourth-order valence-corrected chi connectivity index (χ4v) is 24.4. The van der Waals surface area contributed by atoms with E-state index in [0.29, 0.717) is 0 Å². The lowest BCUT2D eigenvalue weighted by atomic mass is 9.93. The van der Waals surface area contributed by atoms with E-state index in [1.807, 2.05) is 22.7 Å². The zero-order valence-corrected chi connectivity index (χ0v) is 72.3. The largest absolute Gasteiger partial charge is 0.354 e. The van der Waals surface area contributed by atoms with Crippen LogP contribution in [0.15, 0.2) is 479 Å². The number of nitrogens with one attached hydrogen (secondary N) is 1. The van der Waals surface area contributed by atoms with Gasteiger partial charge in [-0.15, -0.1) is 22.7 Å². The number of para-hydroxylation sites is 2. The Balaban J connectivity index is 0.000000118. The maximum Gasteiger partial charge on any atom is 0.0565 e. The molecule has 0 spiro atoms. The maximum absolute atomic E-state index is 3.93. The van der Waals surface area contributed by atoms with Crippen LogP contribution in [0.1, 0.15) is 0 Å². The molecule has 0 aliphatic rings. The fourth-order valence-electron chi connectivity index (χ4n) is 19.6. The molecule has 21 aromatic carbocycles. The Morgan fingerprint density at radius 2 is 0.531 bits per heavy atom. The first-order valence-electron chi connectivity index (χ1n) is 43.7. The SMILES string of the molecule is c1ccc(-c2cc(-c3ccccc3)cc(-n3c4ccccc4c4cc5c(cc43)sc3c4ccccc4c4c6cc(-c7ccccc7)ccc6[nH]c4c53)c2)cc1.c1ccc(-c2cccc(-c3cc4c5cc6c7ccccc7n(-c7cc(-c8ccccc8)cc(-c8ccccc8)c7)c6cc5sc4c4ccccc34)c2)cc1.c1ccc(P(c2ccccc2)c2ccccc2)cc1. The van der Waals surface area contributed by atoms with Crippen molar-refractivity contribution >= 4 is 174 Å². The van der Waals surface area contributed by atoms with Crippen LogP contribution in [0.4, 0.5) is 0 Å². The van der Waals surface area contributed by atoms with Crippen LogP contribution in [0.3, 0.4) is 0 Å². The molecule has 0 aliphatic carbocycles. The summed E-state index contributed by atoms with van der Waals surface area (Å²) in [5.41, 5.74) is 26.6. The number of thiophene rings is 2. The second-order valence-electron chi connectivity index (χ2n) is 33.0. The van der Waals surface area contributed by atoms with Gasteiger partial charge in [0.2, 0.25) is 0 Å². The molecule has 0 saturated heterocycles. The van der Waals surface area contributed by atoms with Crippen molar-refractivity contribution in [3.8, 4) is 89.3 Å². The van der Waals surface area contributed by atoms with E-state index in [2.05, 4.69) is 493 Å². The van der Waals surface area contributed by atoms with Crippen molar-refractivity contribution in [2.24, 2.45) is 0 Å². The molecule has 128 heavy (non-hydrogen) atoms. The number of rotatable bonds is 12. The maximum atomic E-state index is 3.93. The van der Waals surface area contributed by atoms with Crippen molar-refractivity contribution in [1.29, 1.82) is 0 Å². The number of hydrogen-bond donors (Lipinski definition) is 1. The minimum absolute atomic E-state index is 0.446. The summed E-state index contributed by atoms with van der Waals surface area (Å²) in [5.74, 6) is 0. The van der Waals surface area contributed by atoms with E-state index < -0.39 is 7.92 Å². The lowest BCUT2D eigenvalue weighted by Crippen LogP contribution is -2.20. The normalized spacial score (nSPS) is 11.7. The van der Waals surface area contributed by atoms with E-state index in [1.165, 1.54) is 216 Å². The number of aromatic amines is 1. The molecule has 5 aromatic heterocycles. The van der Waals surface area contributed by atoms with Crippen LogP contribution in [0.5, 0.6) is 0 Å². The molecule has 600 valence electrons. The van der Waals surface area contributed by atoms with E-state index in [4.69, 9.17) is 0 Å². The predicted molar refractivity (Wildman–Crippen MR) is 555 cm³/mol. The third-order valence-corrected chi connectivity index (χ3v) is 30.3. The highest BCUT2D eigenvalue weighted by Crippen LogP contribution is 2.51. The van der Waals surface area contributed by atoms with Gasteiger partial charge in [-0.25, -0.2) is 0 Å². The highest BCUT2D eigenvalue weighted by Gasteiger charge is 2.25. The van der Waals surface area contributed by atoms with E-state index >= 15 is 0 Å². The summed E-state index contributed by atoms with van der Waals surface area (Å²) >= 11 is 3.82. The first kappa shape index (κ1) is 76.1.